The molecule has 1 amide bonds. The summed E-state index contributed by atoms with van der Waals surface area (Å²) in [5.74, 6) is 0.844. The van der Waals surface area contributed by atoms with Gasteiger partial charge >= 0.3 is 0 Å². The zero-order chi connectivity index (χ0) is 27.8. The van der Waals surface area contributed by atoms with Crippen molar-refractivity contribution in [3.8, 4) is 11.5 Å². The minimum Gasteiger partial charge on any atom is -0.493 e. The molecule has 2 N–H and O–H groups in total. The molecule has 0 saturated carbocycles. The van der Waals surface area contributed by atoms with E-state index in [-0.39, 0.29) is 11.6 Å². The predicted molar refractivity (Wildman–Crippen MR) is 152 cm³/mol. The molecule has 1 heterocycles. The lowest BCUT2D eigenvalue weighted by Crippen LogP contribution is -2.19. The monoisotopic (exact) mass is 543 g/mol. The van der Waals surface area contributed by atoms with Crippen molar-refractivity contribution in [2.24, 2.45) is 5.10 Å². The summed E-state index contributed by atoms with van der Waals surface area (Å²) < 4.78 is 10.7. The van der Waals surface area contributed by atoms with E-state index >= 15 is 0 Å². The van der Waals surface area contributed by atoms with Gasteiger partial charge in [-0.05, 0) is 55.0 Å². The fraction of sp³-hybridized carbons (Fsp3) is 0.107. The third-order valence-electron chi connectivity index (χ3n) is 5.51. The van der Waals surface area contributed by atoms with Gasteiger partial charge in [-0.25, -0.2) is 10.4 Å². The third-order valence-corrected chi connectivity index (χ3v) is 6.61. The summed E-state index contributed by atoms with van der Waals surface area (Å²) in [6.45, 7) is 1.84. The number of nitrogens with one attached hydrogen (secondary N) is 2. The van der Waals surface area contributed by atoms with Crippen LogP contribution in [0.4, 0.5) is 16.5 Å². The molecule has 0 saturated heterocycles. The number of carbonyl (C=O) groups is 1. The number of benzene rings is 3. The van der Waals surface area contributed by atoms with Gasteiger partial charge in [-0.15, -0.1) is 0 Å². The lowest BCUT2D eigenvalue weighted by molar-refractivity contribution is -0.384. The molecule has 10 nitrogen and oxygen atoms in total. The molecule has 0 spiro atoms. The standard InChI is InChI=1S/C28H25N5O5S/c1-18-26(39-28(29-18)30-21-11-13-22(14-12-21)33(35)36)23(31-32-27(34)20-7-5-4-6-8-20)15-9-19-10-16-24(37-2)25(17-19)38-3/h4-17H,1-3H3,(H,29,30)(H,32,34)/b15-9?,31-23-. The number of ether oxygens (including phenoxy) is 2. The van der Waals surface area contributed by atoms with Gasteiger partial charge < -0.3 is 14.8 Å². The number of nitro benzene ring substituents is 1. The molecule has 4 aromatic rings. The van der Waals surface area contributed by atoms with E-state index in [2.05, 4.69) is 20.8 Å². The maximum absolute atomic E-state index is 12.7. The van der Waals surface area contributed by atoms with Crippen LogP contribution >= 0.6 is 11.3 Å². The predicted octanol–water partition coefficient (Wildman–Crippen LogP) is 5.97. The van der Waals surface area contributed by atoms with Crippen molar-refractivity contribution < 1.29 is 19.2 Å². The van der Waals surface area contributed by atoms with Crippen molar-refractivity contribution in [2.45, 2.75) is 6.92 Å². The number of hydrogen-bond acceptors (Lipinski definition) is 9. The van der Waals surface area contributed by atoms with E-state index < -0.39 is 4.92 Å². The van der Waals surface area contributed by atoms with Crippen LogP contribution in [-0.2, 0) is 0 Å². The van der Waals surface area contributed by atoms with Crippen molar-refractivity contribution in [3.05, 3.63) is 111 Å². The molecular weight excluding hydrogens is 518 g/mol. The second kappa shape index (κ2) is 12.5. The van der Waals surface area contributed by atoms with Crippen molar-refractivity contribution in [1.29, 1.82) is 0 Å². The summed E-state index contributed by atoms with van der Waals surface area (Å²) in [4.78, 5) is 28.5. The Morgan fingerprint density at radius 2 is 1.74 bits per heavy atom. The van der Waals surface area contributed by atoms with Crippen LogP contribution in [0.5, 0.6) is 11.5 Å². The third kappa shape index (κ3) is 6.84. The summed E-state index contributed by atoms with van der Waals surface area (Å²) in [5.41, 5.74) is 5.76. The van der Waals surface area contributed by atoms with Crippen molar-refractivity contribution in [2.75, 3.05) is 19.5 Å². The highest BCUT2D eigenvalue weighted by atomic mass is 32.1. The first-order chi connectivity index (χ1) is 18.9. The van der Waals surface area contributed by atoms with Gasteiger partial charge in [0.2, 0.25) is 0 Å². The van der Waals surface area contributed by atoms with Crippen LogP contribution in [0.3, 0.4) is 0 Å². The number of hydrazone groups is 1. The Labute approximate surface area is 228 Å². The summed E-state index contributed by atoms with van der Waals surface area (Å²) in [6, 6.07) is 20.4. The highest BCUT2D eigenvalue weighted by Gasteiger charge is 2.14. The second-order valence-electron chi connectivity index (χ2n) is 8.11. The first-order valence-corrected chi connectivity index (χ1v) is 12.5. The molecule has 0 radical (unpaired) electrons. The average molecular weight is 544 g/mol. The van der Waals surface area contributed by atoms with E-state index in [1.54, 1.807) is 62.8 Å². The minimum atomic E-state index is -0.452. The fourth-order valence-electron chi connectivity index (χ4n) is 3.54. The number of aryl methyl sites for hydroxylation is 1. The highest BCUT2D eigenvalue weighted by molar-refractivity contribution is 7.17. The molecule has 1 aromatic heterocycles. The molecular formula is C28H25N5O5S. The molecule has 0 unspecified atom stereocenters. The molecule has 11 heteroatoms. The first kappa shape index (κ1) is 27.0. The van der Waals surface area contributed by atoms with Gasteiger partial charge in [-0.2, -0.15) is 5.10 Å². The summed E-state index contributed by atoms with van der Waals surface area (Å²) in [7, 11) is 3.14. The number of rotatable bonds is 10. The molecule has 0 aliphatic carbocycles. The van der Waals surface area contributed by atoms with Gasteiger partial charge in [-0.1, -0.05) is 41.7 Å². The maximum Gasteiger partial charge on any atom is 0.271 e. The number of nitrogens with zero attached hydrogens (tertiary/aromatic N) is 3. The second-order valence-corrected chi connectivity index (χ2v) is 9.11. The van der Waals surface area contributed by atoms with Gasteiger partial charge in [-0.3, -0.25) is 14.9 Å². The Balaban J connectivity index is 1.64. The van der Waals surface area contributed by atoms with E-state index in [0.29, 0.717) is 39.3 Å². The zero-order valence-electron chi connectivity index (χ0n) is 21.4. The number of non-ortho nitro benzene ring substituents is 1. The van der Waals surface area contributed by atoms with Crippen LogP contribution in [0.25, 0.3) is 6.08 Å². The molecule has 0 aliphatic rings. The summed E-state index contributed by atoms with van der Waals surface area (Å²) in [6.07, 6.45) is 3.63. The molecule has 4 rings (SSSR count). The number of carbonyl (C=O) groups excluding carboxylic acids is 1. The number of hydrogen-bond donors (Lipinski definition) is 2. The van der Waals surface area contributed by atoms with E-state index in [1.807, 2.05) is 31.2 Å². The number of amides is 1. The molecule has 0 bridgehead atoms. The zero-order valence-corrected chi connectivity index (χ0v) is 22.2. The highest BCUT2D eigenvalue weighted by Crippen LogP contribution is 2.30. The van der Waals surface area contributed by atoms with Gasteiger partial charge in [0, 0.05) is 23.4 Å². The van der Waals surface area contributed by atoms with Gasteiger partial charge in [0.05, 0.1) is 29.7 Å². The largest absolute Gasteiger partial charge is 0.493 e. The van der Waals surface area contributed by atoms with Gasteiger partial charge in [0.15, 0.2) is 16.6 Å². The Hall–Kier alpha value is -5.03. The van der Waals surface area contributed by atoms with E-state index in [4.69, 9.17) is 9.47 Å². The van der Waals surface area contributed by atoms with Crippen LogP contribution in [0.1, 0.15) is 26.5 Å². The smallest absolute Gasteiger partial charge is 0.271 e. The van der Waals surface area contributed by atoms with Crippen LogP contribution in [0.2, 0.25) is 0 Å². The Bertz CT molecular complexity index is 1530. The number of methoxy groups -OCH3 is 2. The molecule has 198 valence electrons. The van der Waals surface area contributed by atoms with Crippen molar-refractivity contribution in [3.63, 3.8) is 0 Å². The number of nitro groups is 1. The SMILES string of the molecule is COc1ccc(C=C/C(=N/NC(=O)c2ccccc2)c2sc(Nc3ccc([N+](=O)[O-])cc3)nc2C)cc1OC. The number of aromatic nitrogens is 1. The molecule has 0 fully saturated rings. The van der Waals surface area contributed by atoms with Crippen LogP contribution in [-0.4, -0.2) is 35.7 Å². The Morgan fingerprint density at radius 1 is 1.03 bits per heavy atom. The Kier molecular flexibility index (Phi) is 8.64. The summed E-state index contributed by atoms with van der Waals surface area (Å²) in [5, 5.41) is 19.1. The lowest BCUT2D eigenvalue weighted by Gasteiger charge is -2.08. The first-order valence-electron chi connectivity index (χ1n) is 11.7. The van der Waals surface area contributed by atoms with Crippen LogP contribution in [0, 0.1) is 17.0 Å². The van der Waals surface area contributed by atoms with Gasteiger partial charge in [0.1, 0.15) is 5.71 Å². The maximum atomic E-state index is 12.7. The fourth-order valence-corrected chi connectivity index (χ4v) is 4.49. The van der Waals surface area contributed by atoms with E-state index in [0.717, 1.165) is 10.4 Å². The quantitative estimate of drug-likeness (QED) is 0.143. The normalized spacial score (nSPS) is 11.3. The summed E-state index contributed by atoms with van der Waals surface area (Å²) >= 11 is 1.34. The number of allylic oxidation sites excluding steroid dienone is 1. The molecule has 3 aromatic carbocycles. The van der Waals surface area contributed by atoms with Gasteiger partial charge in [0.25, 0.3) is 11.6 Å². The molecule has 0 atom stereocenters. The number of thiazole rings is 1. The van der Waals surface area contributed by atoms with E-state index in [1.165, 1.54) is 23.5 Å². The lowest BCUT2D eigenvalue weighted by atomic mass is 10.1. The van der Waals surface area contributed by atoms with Crippen LogP contribution < -0.4 is 20.2 Å². The Morgan fingerprint density at radius 3 is 2.41 bits per heavy atom. The topological polar surface area (TPSA) is 128 Å². The number of anilines is 2. The van der Waals surface area contributed by atoms with Crippen molar-refractivity contribution >= 4 is 45.5 Å². The van der Waals surface area contributed by atoms with Crippen LogP contribution in [0.15, 0.2) is 84.0 Å². The van der Waals surface area contributed by atoms with Crippen molar-refractivity contribution in [1.82, 2.24) is 10.4 Å². The van der Waals surface area contributed by atoms with E-state index in [9.17, 15) is 14.9 Å². The molecule has 39 heavy (non-hydrogen) atoms. The molecule has 0 aliphatic heterocycles. The average Bonchev–Trinajstić information content (AvgIpc) is 3.32. The minimum absolute atomic E-state index is 0.000403.